The summed E-state index contributed by atoms with van der Waals surface area (Å²) in [6.07, 6.45) is 0.852. The standard InChI is InChI=1S/C27H26N2O5/c1-4-15-34-21-12-8-11-20(17-21)29-26(30)24(18-9-6-5-7-10-18)25(27(29)31)28-19-13-14-22(32-2)23(16-19)33-3/h5-14,16-17,28H,4,15H2,1-3H3. The van der Waals surface area contributed by atoms with Gasteiger partial charge in [0, 0.05) is 17.8 Å². The van der Waals surface area contributed by atoms with E-state index in [9.17, 15) is 9.59 Å². The molecule has 0 unspecified atom stereocenters. The summed E-state index contributed by atoms with van der Waals surface area (Å²) in [6.45, 7) is 2.56. The molecule has 0 saturated carbocycles. The number of ether oxygens (including phenoxy) is 3. The van der Waals surface area contributed by atoms with Crippen LogP contribution in [0.4, 0.5) is 11.4 Å². The van der Waals surface area contributed by atoms with E-state index in [0.717, 1.165) is 6.42 Å². The molecule has 1 N–H and O–H groups in total. The zero-order chi connectivity index (χ0) is 24.1. The van der Waals surface area contributed by atoms with Crippen molar-refractivity contribution in [2.45, 2.75) is 13.3 Å². The number of carbonyl (C=O) groups is 2. The maximum absolute atomic E-state index is 13.6. The van der Waals surface area contributed by atoms with Gasteiger partial charge in [-0.25, -0.2) is 4.90 Å². The molecule has 0 fully saturated rings. The monoisotopic (exact) mass is 458 g/mol. The van der Waals surface area contributed by atoms with Gasteiger partial charge < -0.3 is 19.5 Å². The molecular formula is C27H26N2O5. The minimum atomic E-state index is -0.453. The second-order valence-corrected chi connectivity index (χ2v) is 7.60. The molecule has 0 radical (unpaired) electrons. The van der Waals surface area contributed by atoms with Crippen LogP contribution in [0.15, 0.2) is 78.5 Å². The zero-order valence-corrected chi connectivity index (χ0v) is 19.3. The summed E-state index contributed by atoms with van der Waals surface area (Å²) in [5, 5.41) is 3.15. The highest BCUT2D eigenvalue weighted by molar-refractivity contribution is 6.46. The fraction of sp³-hybridized carbons (Fsp3) is 0.185. The summed E-state index contributed by atoms with van der Waals surface area (Å²) in [4.78, 5) is 28.4. The Morgan fingerprint density at radius 1 is 0.824 bits per heavy atom. The van der Waals surface area contributed by atoms with Crippen LogP contribution in [0.5, 0.6) is 17.2 Å². The number of methoxy groups -OCH3 is 2. The third-order valence-corrected chi connectivity index (χ3v) is 5.35. The average molecular weight is 459 g/mol. The van der Waals surface area contributed by atoms with Crippen molar-refractivity contribution in [3.05, 3.63) is 84.1 Å². The highest BCUT2D eigenvalue weighted by Crippen LogP contribution is 2.36. The summed E-state index contributed by atoms with van der Waals surface area (Å²) in [5.74, 6) is 0.800. The van der Waals surface area contributed by atoms with E-state index in [4.69, 9.17) is 14.2 Å². The zero-order valence-electron chi connectivity index (χ0n) is 19.3. The Morgan fingerprint density at radius 3 is 2.29 bits per heavy atom. The lowest BCUT2D eigenvalue weighted by Crippen LogP contribution is -2.32. The number of rotatable bonds is 9. The van der Waals surface area contributed by atoms with Crippen molar-refractivity contribution >= 4 is 28.8 Å². The van der Waals surface area contributed by atoms with Gasteiger partial charge in [-0.05, 0) is 36.2 Å². The molecule has 1 aliphatic rings. The van der Waals surface area contributed by atoms with Crippen molar-refractivity contribution < 1.29 is 23.8 Å². The molecule has 3 aromatic rings. The maximum Gasteiger partial charge on any atom is 0.282 e. The van der Waals surface area contributed by atoms with Crippen LogP contribution < -0.4 is 24.4 Å². The lowest BCUT2D eigenvalue weighted by molar-refractivity contribution is -0.120. The van der Waals surface area contributed by atoms with E-state index in [1.807, 2.05) is 25.1 Å². The Morgan fingerprint density at radius 2 is 1.59 bits per heavy atom. The molecule has 0 saturated heterocycles. The minimum Gasteiger partial charge on any atom is -0.494 e. The van der Waals surface area contributed by atoms with Gasteiger partial charge in [0.05, 0.1) is 32.1 Å². The van der Waals surface area contributed by atoms with Crippen molar-refractivity contribution in [3.8, 4) is 17.2 Å². The Kier molecular flexibility index (Phi) is 6.82. The summed E-state index contributed by atoms with van der Waals surface area (Å²) < 4.78 is 16.4. The molecule has 4 rings (SSSR count). The fourth-order valence-corrected chi connectivity index (χ4v) is 3.74. The number of carbonyl (C=O) groups excluding carboxylic acids is 2. The highest BCUT2D eigenvalue weighted by atomic mass is 16.5. The average Bonchev–Trinajstić information content (AvgIpc) is 3.12. The first-order chi connectivity index (χ1) is 16.6. The van der Waals surface area contributed by atoms with Crippen LogP contribution in [-0.2, 0) is 9.59 Å². The summed E-state index contributed by atoms with van der Waals surface area (Å²) in [5.41, 5.74) is 2.15. The van der Waals surface area contributed by atoms with Gasteiger partial charge in [-0.3, -0.25) is 9.59 Å². The fourth-order valence-electron chi connectivity index (χ4n) is 3.74. The molecule has 2 amide bonds. The largest absolute Gasteiger partial charge is 0.494 e. The maximum atomic E-state index is 13.6. The minimum absolute atomic E-state index is 0.184. The Balaban J connectivity index is 1.75. The molecule has 0 atom stereocenters. The van der Waals surface area contributed by atoms with Crippen LogP contribution in [0.3, 0.4) is 0 Å². The van der Waals surface area contributed by atoms with Crippen LogP contribution in [-0.4, -0.2) is 32.6 Å². The number of nitrogens with one attached hydrogen (secondary N) is 1. The van der Waals surface area contributed by atoms with Gasteiger partial charge in [0.2, 0.25) is 0 Å². The quantitative estimate of drug-likeness (QED) is 0.460. The lowest BCUT2D eigenvalue weighted by Gasteiger charge is -2.17. The predicted molar refractivity (Wildman–Crippen MR) is 131 cm³/mol. The third-order valence-electron chi connectivity index (χ3n) is 5.35. The first kappa shape index (κ1) is 22.9. The van der Waals surface area contributed by atoms with Crippen molar-refractivity contribution in [2.75, 3.05) is 31.0 Å². The second kappa shape index (κ2) is 10.1. The molecule has 1 heterocycles. The molecule has 7 heteroatoms. The second-order valence-electron chi connectivity index (χ2n) is 7.60. The van der Waals surface area contributed by atoms with Crippen LogP contribution in [0.1, 0.15) is 18.9 Å². The van der Waals surface area contributed by atoms with Gasteiger partial charge in [0.25, 0.3) is 11.8 Å². The van der Waals surface area contributed by atoms with Gasteiger partial charge >= 0.3 is 0 Å². The van der Waals surface area contributed by atoms with Gasteiger partial charge in [-0.2, -0.15) is 0 Å². The van der Waals surface area contributed by atoms with Crippen molar-refractivity contribution in [1.29, 1.82) is 0 Å². The molecule has 1 aliphatic heterocycles. The van der Waals surface area contributed by atoms with Crippen molar-refractivity contribution in [1.82, 2.24) is 0 Å². The van der Waals surface area contributed by atoms with Crippen LogP contribution >= 0.6 is 0 Å². The number of hydrogen-bond acceptors (Lipinski definition) is 6. The van der Waals surface area contributed by atoms with E-state index in [-0.39, 0.29) is 5.70 Å². The number of hydrogen-bond donors (Lipinski definition) is 1. The molecule has 7 nitrogen and oxygen atoms in total. The van der Waals surface area contributed by atoms with Crippen LogP contribution in [0, 0.1) is 0 Å². The van der Waals surface area contributed by atoms with E-state index < -0.39 is 11.8 Å². The van der Waals surface area contributed by atoms with E-state index in [1.54, 1.807) is 61.7 Å². The number of amides is 2. The predicted octanol–water partition coefficient (Wildman–Crippen LogP) is 4.89. The van der Waals surface area contributed by atoms with Gasteiger partial charge in [-0.15, -0.1) is 0 Å². The Labute approximate surface area is 198 Å². The van der Waals surface area contributed by atoms with E-state index in [0.29, 0.717) is 46.4 Å². The van der Waals surface area contributed by atoms with Gasteiger partial charge in [0.15, 0.2) is 11.5 Å². The molecule has 3 aromatic carbocycles. The normalized spacial score (nSPS) is 13.3. The van der Waals surface area contributed by atoms with Gasteiger partial charge in [0.1, 0.15) is 11.4 Å². The van der Waals surface area contributed by atoms with Crippen molar-refractivity contribution in [3.63, 3.8) is 0 Å². The smallest absolute Gasteiger partial charge is 0.282 e. The van der Waals surface area contributed by atoms with Crippen molar-refractivity contribution in [2.24, 2.45) is 0 Å². The highest BCUT2D eigenvalue weighted by Gasteiger charge is 2.40. The number of anilines is 2. The van der Waals surface area contributed by atoms with E-state index in [1.165, 1.54) is 12.0 Å². The summed E-state index contributed by atoms with van der Waals surface area (Å²) >= 11 is 0. The van der Waals surface area contributed by atoms with Crippen LogP contribution in [0.2, 0.25) is 0 Å². The number of nitrogens with zero attached hydrogens (tertiary/aromatic N) is 1. The summed E-state index contributed by atoms with van der Waals surface area (Å²) in [6, 6.07) is 21.3. The molecule has 0 bridgehead atoms. The Bertz CT molecular complexity index is 1240. The van der Waals surface area contributed by atoms with Crippen LogP contribution in [0.25, 0.3) is 5.57 Å². The molecule has 174 valence electrons. The third kappa shape index (κ3) is 4.45. The Hall–Kier alpha value is -4.26. The topological polar surface area (TPSA) is 77.1 Å². The van der Waals surface area contributed by atoms with E-state index >= 15 is 0 Å². The summed E-state index contributed by atoms with van der Waals surface area (Å²) in [7, 11) is 3.09. The molecule has 34 heavy (non-hydrogen) atoms. The van der Waals surface area contributed by atoms with Gasteiger partial charge in [-0.1, -0.05) is 43.3 Å². The number of benzene rings is 3. The first-order valence-corrected chi connectivity index (χ1v) is 11.0. The molecule has 0 aliphatic carbocycles. The lowest BCUT2D eigenvalue weighted by atomic mass is 10.0. The molecule has 0 spiro atoms. The number of imide groups is 1. The van der Waals surface area contributed by atoms with E-state index in [2.05, 4.69) is 5.32 Å². The SMILES string of the molecule is CCCOc1cccc(N2C(=O)C(Nc3ccc(OC)c(OC)c3)=C(c3ccccc3)C2=O)c1. The first-order valence-electron chi connectivity index (χ1n) is 11.0. The molecular weight excluding hydrogens is 432 g/mol. The molecule has 0 aromatic heterocycles.